The lowest BCUT2D eigenvalue weighted by Gasteiger charge is -2.24. The van der Waals surface area contributed by atoms with Gasteiger partial charge in [0.15, 0.2) is 4.34 Å². The van der Waals surface area contributed by atoms with E-state index in [1.165, 1.54) is 11.5 Å². The molecule has 0 amide bonds. The van der Waals surface area contributed by atoms with Gasteiger partial charge in [-0.05, 0) is 37.3 Å². The summed E-state index contributed by atoms with van der Waals surface area (Å²) in [6, 6.07) is 2.41. The van der Waals surface area contributed by atoms with Crippen LogP contribution in [0, 0.1) is 17.2 Å². The Labute approximate surface area is 97.3 Å². The molecule has 0 aliphatic heterocycles. The third-order valence-electron chi connectivity index (χ3n) is 2.68. The minimum absolute atomic E-state index is 0.379. The molecule has 1 unspecified atom stereocenters. The van der Waals surface area contributed by atoms with Gasteiger partial charge in [-0.2, -0.15) is 9.64 Å². The van der Waals surface area contributed by atoms with Gasteiger partial charge < -0.3 is 5.32 Å². The Morgan fingerprint density at radius 2 is 2.60 bits per heavy atom. The highest BCUT2D eigenvalue weighted by molar-refractivity contribution is 8.01. The second-order valence-electron chi connectivity index (χ2n) is 3.60. The van der Waals surface area contributed by atoms with Crippen LogP contribution < -0.4 is 5.32 Å². The molecule has 15 heavy (non-hydrogen) atoms. The molecule has 1 aliphatic rings. The minimum atomic E-state index is -0.379. The van der Waals surface area contributed by atoms with E-state index in [4.69, 9.17) is 0 Å². The van der Waals surface area contributed by atoms with E-state index >= 15 is 0 Å². The first-order chi connectivity index (χ1) is 7.30. The maximum Gasteiger partial charge on any atom is 0.169 e. The van der Waals surface area contributed by atoms with Crippen LogP contribution in [0.4, 0.5) is 0 Å². The molecule has 80 valence electrons. The lowest BCUT2D eigenvalue weighted by atomic mass is 9.98. The second-order valence-corrected chi connectivity index (χ2v) is 5.61. The number of hydrogen-bond donors (Lipinski definition) is 1. The summed E-state index contributed by atoms with van der Waals surface area (Å²) in [7, 11) is 1.86. The van der Waals surface area contributed by atoms with Crippen LogP contribution in [0.1, 0.15) is 12.8 Å². The van der Waals surface area contributed by atoms with Crippen molar-refractivity contribution in [2.24, 2.45) is 5.92 Å². The van der Waals surface area contributed by atoms with Gasteiger partial charge in [0, 0.05) is 5.75 Å². The zero-order valence-electron chi connectivity index (χ0n) is 8.43. The van der Waals surface area contributed by atoms with Gasteiger partial charge in [0.1, 0.15) is 11.9 Å². The third-order valence-corrected chi connectivity index (χ3v) is 4.67. The van der Waals surface area contributed by atoms with Crippen LogP contribution in [-0.2, 0) is 0 Å². The van der Waals surface area contributed by atoms with Gasteiger partial charge in [0.25, 0.3) is 0 Å². The molecule has 6 heteroatoms. The lowest BCUT2D eigenvalue weighted by molar-refractivity contribution is 0.441. The fourth-order valence-electron chi connectivity index (χ4n) is 1.55. The van der Waals surface area contributed by atoms with Crippen molar-refractivity contribution in [3.05, 3.63) is 6.33 Å². The molecule has 2 rings (SSSR count). The van der Waals surface area contributed by atoms with E-state index < -0.39 is 0 Å². The molecule has 1 N–H and O–H groups in total. The zero-order chi connectivity index (χ0) is 10.7. The molecule has 0 saturated heterocycles. The van der Waals surface area contributed by atoms with E-state index in [-0.39, 0.29) is 5.54 Å². The van der Waals surface area contributed by atoms with Gasteiger partial charge in [-0.3, -0.25) is 0 Å². The fourth-order valence-corrected chi connectivity index (χ4v) is 3.26. The highest BCUT2D eigenvalue weighted by Crippen LogP contribution is 2.41. The largest absolute Gasteiger partial charge is 0.302 e. The predicted octanol–water partition coefficient (Wildman–Crippen LogP) is 1.52. The average molecular weight is 240 g/mol. The Bertz CT molecular complexity index is 355. The number of hydrogen-bond acceptors (Lipinski definition) is 6. The van der Waals surface area contributed by atoms with Gasteiger partial charge in [-0.25, -0.2) is 4.98 Å². The van der Waals surface area contributed by atoms with Crippen molar-refractivity contribution in [3.8, 4) is 6.07 Å². The summed E-state index contributed by atoms with van der Waals surface area (Å²) in [5.41, 5.74) is -0.379. The maximum absolute atomic E-state index is 9.26. The molecule has 1 atom stereocenters. The molecule has 1 heterocycles. The molecular formula is C9H12N4S2. The second kappa shape index (κ2) is 4.47. The first-order valence-electron chi connectivity index (χ1n) is 4.80. The van der Waals surface area contributed by atoms with E-state index in [0.717, 1.165) is 22.9 Å². The Kier molecular flexibility index (Phi) is 3.24. The van der Waals surface area contributed by atoms with Gasteiger partial charge >= 0.3 is 0 Å². The summed E-state index contributed by atoms with van der Waals surface area (Å²) in [6.45, 7) is 0. The first-order valence-corrected chi connectivity index (χ1v) is 6.56. The molecule has 0 bridgehead atoms. The molecule has 0 aromatic carbocycles. The standard InChI is InChI=1S/C9H12N4S2/c1-11-9(4-10,7-2-3-7)5-14-8-12-6-13-15-8/h6-7,11H,2-3,5H2,1H3. The molecule has 1 aromatic rings. The number of nitriles is 1. The fraction of sp³-hybridized carbons (Fsp3) is 0.667. The monoisotopic (exact) mass is 240 g/mol. The first kappa shape index (κ1) is 10.9. The molecule has 1 aromatic heterocycles. The Hall–Kier alpha value is -0.640. The number of thioether (sulfide) groups is 1. The summed E-state index contributed by atoms with van der Waals surface area (Å²) in [4.78, 5) is 4.10. The van der Waals surface area contributed by atoms with Crippen molar-refractivity contribution < 1.29 is 0 Å². The number of nitrogens with one attached hydrogen (secondary N) is 1. The smallest absolute Gasteiger partial charge is 0.169 e. The molecular weight excluding hydrogens is 228 g/mol. The summed E-state index contributed by atoms with van der Waals surface area (Å²) in [5, 5.41) is 12.4. The highest BCUT2D eigenvalue weighted by atomic mass is 32.2. The van der Waals surface area contributed by atoms with Crippen LogP contribution in [0.2, 0.25) is 0 Å². The van der Waals surface area contributed by atoms with E-state index in [1.54, 1.807) is 18.1 Å². The van der Waals surface area contributed by atoms with Crippen molar-refractivity contribution in [1.82, 2.24) is 14.7 Å². The summed E-state index contributed by atoms with van der Waals surface area (Å²) in [5.74, 6) is 1.26. The Balaban J connectivity index is 1.98. The van der Waals surface area contributed by atoms with Gasteiger partial charge in [0.05, 0.1) is 6.07 Å². The number of rotatable bonds is 5. The van der Waals surface area contributed by atoms with Crippen LogP contribution >= 0.6 is 23.3 Å². The van der Waals surface area contributed by atoms with Crippen molar-refractivity contribution in [2.75, 3.05) is 12.8 Å². The highest BCUT2D eigenvalue weighted by Gasteiger charge is 2.44. The minimum Gasteiger partial charge on any atom is -0.302 e. The van der Waals surface area contributed by atoms with Crippen LogP contribution in [0.3, 0.4) is 0 Å². The van der Waals surface area contributed by atoms with E-state index in [1.807, 2.05) is 7.05 Å². The summed E-state index contributed by atoms with van der Waals surface area (Å²) < 4.78 is 4.88. The van der Waals surface area contributed by atoms with Crippen LogP contribution in [-0.4, -0.2) is 27.7 Å². The molecule has 4 nitrogen and oxygen atoms in total. The van der Waals surface area contributed by atoms with E-state index in [2.05, 4.69) is 20.7 Å². The number of aromatic nitrogens is 2. The number of nitrogens with zero attached hydrogens (tertiary/aromatic N) is 3. The van der Waals surface area contributed by atoms with Crippen molar-refractivity contribution >= 4 is 23.3 Å². The topological polar surface area (TPSA) is 61.6 Å². The average Bonchev–Trinajstić information content (AvgIpc) is 2.99. The van der Waals surface area contributed by atoms with Crippen LogP contribution in [0.5, 0.6) is 0 Å². The SMILES string of the molecule is CNC(C#N)(CSc1ncns1)C1CC1. The lowest BCUT2D eigenvalue weighted by Crippen LogP contribution is -2.46. The summed E-state index contributed by atoms with van der Waals surface area (Å²) >= 11 is 2.99. The normalized spacial score (nSPS) is 19.5. The van der Waals surface area contributed by atoms with Gasteiger partial charge in [-0.15, -0.1) is 0 Å². The zero-order valence-corrected chi connectivity index (χ0v) is 10.1. The molecule has 0 spiro atoms. The molecule has 1 aliphatic carbocycles. The molecule has 1 saturated carbocycles. The summed E-state index contributed by atoms with van der Waals surface area (Å²) in [6.07, 6.45) is 3.87. The Morgan fingerprint density at radius 3 is 3.07 bits per heavy atom. The van der Waals surface area contributed by atoms with Crippen molar-refractivity contribution in [3.63, 3.8) is 0 Å². The quantitative estimate of drug-likeness (QED) is 0.791. The Morgan fingerprint density at radius 1 is 1.80 bits per heavy atom. The van der Waals surface area contributed by atoms with Gasteiger partial charge in [0.2, 0.25) is 0 Å². The van der Waals surface area contributed by atoms with E-state index in [9.17, 15) is 5.26 Å². The van der Waals surface area contributed by atoms with Gasteiger partial charge in [-0.1, -0.05) is 11.8 Å². The van der Waals surface area contributed by atoms with Crippen molar-refractivity contribution in [2.45, 2.75) is 22.7 Å². The molecule has 1 fully saturated rings. The third kappa shape index (κ3) is 2.30. The van der Waals surface area contributed by atoms with E-state index in [0.29, 0.717) is 5.92 Å². The maximum atomic E-state index is 9.26. The van der Waals surface area contributed by atoms with Crippen molar-refractivity contribution in [1.29, 1.82) is 5.26 Å². The van der Waals surface area contributed by atoms with Crippen LogP contribution in [0.15, 0.2) is 10.7 Å². The molecule has 0 radical (unpaired) electrons. The van der Waals surface area contributed by atoms with Crippen LogP contribution in [0.25, 0.3) is 0 Å². The predicted molar refractivity (Wildman–Crippen MR) is 60.8 cm³/mol.